The number of hydrogen-bond acceptors (Lipinski definition) is 5. The van der Waals surface area contributed by atoms with Crippen molar-refractivity contribution < 1.29 is 14.6 Å². The number of benzene rings is 1. The van der Waals surface area contributed by atoms with Crippen LogP contribution in [0.1, 0.15) is 35.3 Å². The number of pyridine rings is 1. The number of rotatable bonds is 4. The Balaban J connectivity index is 0.000000299. The van der Waals surface area contributed by atoms with E-state index in [1.165, 1.54) is 32.4 Å². The molecule has 1 fully saturated rings. The van der Waals surface area contributed by atoms with Crippen molar-refractivity contribution in [3.8, 4) is 5.75 Å². The molecule has 27 heavy (non-hydrogen) atoms. The zero-order valence-electron chi connectivity index (χ0n) is 15.4. The number of carboxylic acid groups (broad SMARTS) is 1. The number of fused-ring (bicyclic) bond motifs is 1. The lowest BCUT2D eigenvalue weighted by Gasteiger charge is -2.08. The smallest absolute Gasteiger partial charge is 0.357 e. The molecule has 0 radical (unpaired) electrons. The minimum Gasteiger partial charge on any atom is -0.497 e. The normalized spacial score (nSPS) is 13.7. The van der Waals surface area contributed by atoms with Crippen LogP contribution < -0.4 is 10.1 Å². The second-order valence-corrected chi connectivity index (χ2v) is 6.36. The van der Waals surface area contributed by atoms with Crippen molar-refractivity contribution in [1.82, 2.24) is 20.1 Å². The molecule has 2 aromatic heterocycles. The van der Waals surface area contributed by atoms with E-state index in [1.54, 1.807) is 30.3 Å². The van der Waals surface area contributed by atoms with Crippen LogP contribution in [-0.2, 0) is 6.54 Å². The van der Waals surface area contributed by atoms with Crippen LogP contribution in [0.2, 0.25) is 0 Å². The van der Waals surface area contributed by atoms with Crippen LogP contribution in [0.4, 0.5) is 0 Å². The Hall–Kier alpha value is -2.93. The van der Waals surface area contributed by atoms with Crippen molar-refractivity contribution in [3.63, 3.8) is 0 Å². The molecule has 3 aromatic rings. The van der Waals surface area contributed by atoms with Gasteiger partial charge in [-0.1, -0.05) is 18.6 Å². The predicted molar refractivity (Wildman–Crippen MR) is 103 cm³/mol. The largest absolute Gasteiger partial charge is 0.497 e. The standard InChI is InChI=1S/C15H13N3O3.C5H11N/c1-21-11-4-2-10(3-5-11)9-18-13-8-16-7-6-12(13)14(17-18)15(19)20;1-2-4-6-5-3-1/h2-8H,9H2,1H3,(H,19,20);6H,1-5H2. The van der Waals surface area contributed by atoms with Crippen LogP contribution in [0.3, 0.4) is 0 Å². The number of aromatic nitrogens is 3. The van der Waals surface area contributed by atoms with E-state index in [0.717, 1.165) is 11.3 Å². The van der Waals surface area contributed by atoms with Crippen molar-refractivity contribution >= 4 is 16.9 Å². The van der Waals surface area contributed by atoms with E-state index in [9.17, 15) is 9.90 Å². The summed E-state index contributed by atoms with van der Waals surface area (Å²) < 4.78 is 6.76. The van der Waals surface area contributed by atoms with Gasteiger partial charge in [0.2, 0.25) is 0 Å². The highest BCUT2D eigenvalue weighted by Crippen LogP contribution is 2.19. The zero-order valence-corrected chi connectivity index (χ0v) is 15.4. The fourth-order valence-corrected chi connectivity index (χ4v) is 3.00. The van der Waals surface area contributed by atoms with Gasteiger partial charge in [0.25, 0.3) is 0 Å². The molecule has 1 saturated heterocycles. The maximum absolute atomic E-state index is 11.3. The summed E-state index contributed by atoms with van der Waals surface area (Å²) in [6.07, 6.45) is 7.40. The molecule has 1 aliphatic heterocycles. The molecular weight excluding hydrogens is 344 g/mol. The summed E-state index contributed by atoms with van der Waals surface area (Å²) in [5.41, 5.74) is 1.74. The molecule has 7 nitrogen and oxygen atoms in total. The lowest BCUT2D eigenvalue weighted by Crippen LogP contribution is -2.21. The topological polar surface area (TPSA) is 89.3 Å². The molecule has 0 aliphatic carbocycles. The molecule has 2 N–H and O–H groups in total. The number of hydrogen-bond donors (Lipinski definition) is 2. The molecule has 3 heterocycles. The van der Waals surface area contributed by atoms with Gasteiger partial charge in [0.05, 0.1) is 25.4 Å². The molecule has 1 aromatic carbocycles. The maximum Gasteiger partial charge on any atom is 0.357 e. The van der Waals surface area contributed by atoms with Gasteiger partial charge in [-0.05, 0) is 49.7 Å². The lowest BCUT2D eigenvalue weighted by molar-refractivity contribution is 0.0691. The Labute approximate surface area is 158 Å². The first-order valence-corrected chi connectivity index (χ1v) is 9.06. The van der Waals surface area contributed by atoms with E-state index in [-0.39, 0.29) is 5.69 Å². The first-order chi connectivity index (χ1) is 13.2. The number of ether oxygens (including phenoxy) is 1. The molecule has 0 spiro atoms. The van der Waals surface area contributed by atoms with Crippen LogP contribution in [0.25, 0.3) is 10.9 Å². The van der Waals surface area contributed by atoms with Gasteiger partial charge >= 0.3 is 5.97 Å². The van der Waals surface area contributed by atoms with E-state index in [1.807, 2.05) is 24.3 Å². The van der Waals surface area contributed by atoms with E-state index in [2.05, 4.69) is 15.4 Å². The zero-order chi connectivity index (χ0) is 19.1. The summed E-state index contributed by atoms with van der Waals surface area (Å²) in [5, 5.41) is 17.3. The molecule has 7 heteroatoms. The minimum atomic E-state index is -1.04. The molecule has 0 amide bonds. The highest BCUT2D eigenvalue weighted by Gasteiger charge is 2.16. The minimum absolute atomic E-state index is 0.0425. The first-order valence-electron chi connectivity index (χ1n) is 9.06. The highest BCUT2D eigenvalue weighted by atomic mass is 16.5. The van der Waals surface area contributed by atoms with Crippen LogP contribution in [-0.4, -0.2) is 46.0 Å². The summed E-state index contributed by atoms with van der Waals surface area (Å²) in [4.78, 5) is 15.3. The molecule has 0 saturated carbocycles. The summed E-state index contributed by atoms with van der Waals surface area (Å²) in [5.74, 6) is -0.267. The molecule has 142 valence electrons. The molecule has 0 bridgehead atoms. The summed E-state index contributed by atoms with van der Waals surface area (Å²) >= 11 is 0. The number of nitrogens with zero attached hydrogens (tertiary/aromatic N) is 3. The van der Waals surface area contributed by atoms with Crippen molar-refractivity contribution in [2.24, 2.45) is 0 Å². The lowest BCUT2D eigenvalue weighted by atomic mass is 10.2. The summed E-state index contributed by atoms with van der Waals surface area (Å²) in [6.45, 7) is 2.97. The van der Waals surface area contributed by atoms with E-state index in [4.69, 9.17) is 4.74 Å². The van der Waals surface area contributed by atoms with E-state index in [0.29, 0.717) is 17.4 Å². The Morgan fingerprint density at radius 3 is 2.48 bits per heavy atom. The molecule has 1 aliphatic rings. The second-order valence-electron chi connectivity index (χ2n) is 6.36. The van der Waals surface area contributed by atoms with Gasteiger partial charge in [0.15, 0.2) is 5.69 Å². The molecule has 0 unspecified atom stereocenters. The van der Waals surface area contributed by atoms with Gasteiger partial charge in [-0.2, -0.15) is 5.10 Å². The second kappa shape index (κ2) is 9.14. The van der Waals surface area contributed by atoms with E-state index < -0.39 is 5.97 Å². The van der Waals surface area contributed by atoms with Crippen molar-refractivity contribution in [2.75, 3.05) is 20.2 Å². The number of piperidine rings is 1. The van der Waals surface area contributed by atoms with Gasteiger partial charge in [-0.3, -0.25) is 9.67 Å². The third kappa shape index (κ3) is 4.83. The summed E-state index contributed by atoms with van der Waals surface area (Å²) in [6, 6.07) is 9.22. The molecular formula is C20H24N4O3. The quantitative estimate of drug-likeness (QED) is 0.736. The Kier molecular flexibility index (Phi) is 6.38. The fourth-order valence-electron chi connectivity index (χ4n) is 3.00. The monoisotopic (exact) mass is 368 g/mol. The van der Waals surface area contributed by atoms with Gasteiger partial charge in [-0.25, -0.2) is 4.79 Å². The van der Waals surface area contributed by atoms with Crippen LogP contribution in [0, 0.1) is 0 Å². The Morgan fingerprint density at radius 2 is 1.93 bits per heavy atom. The average molecular weight is 368 g/mol. The number of carboxylic acids is 1. The number of nitrogens with one attached hydrogen (secondary N) is 1. The van der Waals surface area contributed by atoms with Crippen molar-refractivity contribution in [2.45, 2.75) is 25.8 Å². The number of carbonyl (C=O) groups is 1. The number of methoxy groups -OCH3 is 1. The average Bonchev–Trinajstić information content (AvgIpc) is 3.09. The molecule has 4 rings (SSSR count). The third-order valence-corrected chi connectivity index (χ3v) is 4.46. The third-order valence-electron chi connectivity index (χ3n) is 4.46. The fraction of sp³-hybridized carbons (Fsp3) is 0.350. The van der Waals surface area contributed by atoms with E-state index >= 15 is 0 Å². The Morgan fingerprint density at radius 1 is 1.19 bits per heavy atom. The number of aromatic carboxylic acids is 1. The van der Waals surface area contributed by atoms with Gasteiger partial charge in [-0.15, -0.1) is 0 Å². The predicted octanol–water partition coefficient (Wildman–Crippen LogP) is 2.95. The molecule has 0 atom stereocenters. The van der Waals surface area contributed by atoms with Crippen LogP contribution in [0.5, 0.6) is 5.75 Å². The summed E-state index contributed by atoms with van der Waals surface area (Å²) in [7, 11) is 1.61. The van der Waals surface area contributed by atoms with Crippen LogP contribution in [0.15, 0.2) is 42.7 Å². The highest BCUT2D eigenvalue weighted by molar-refractivity contribution is 6.00. The maximum atomic E-state index is 11.3. The van der Waals surface area contributed by atoms with Crippen molar-refractivity contribution in [3.05, 3.63) is 54.0 Å². The Bertz CT molecular complexity index is 874. The first kappa shape index (κ1) is 18.8. The van der Waals surface area contributed by atoms with Crippen LogP contribution >= 0.6 is 0 Å². The van der Waals surface area contributed by atoms with Gasteiger partial charge < -0.3 is 15.2 Å². The SMILES string of the molecule is C1CCNCC1.COc1ccc(Cn2nc(C(=O)O)c3ccncc32)cc1. The van der Waals surface area contributed by atoms with Gasteiger partial charge in [0.1, 0.15) is 5.75 Å². The van der Waals surface area contributed by atoms with Crippen molar-refractivity contribution in [1.29, 1.82) is 0 Å². The van der Waals surface area contributed by atoms with Gasteiger partial charge in [0, 0.05) is 11.6 Å².